The van der Waals surface area contributed by atoms with Crippen LogP contribution in [0.5, 0.6) is 0 Å². The van der Waals surface area contributed by atoms with Gasteiger partial charge in [0, 0.05) is 24.7 Å². The van der Waals surface area contributed by atoms with Crippen molar-refractivity contribution in [1.29, 1.82) is 0 Å². The van der Waals surface area contributed by atoms with E-state index in [1.807, 2.05) is 44.2 Å². The zero-order valence-electron chi connectivity index (χ0n) is 16.4. The maximum atomic E-state index is 12.6. The van der Waals surface area contributed by atoms with Crippen molar-refractivity contribution in [2.24, 2.45) is 0 Å². The van der Waals surface area contributed by atoms with Crippen molar-refractivity contribution in [2.45, 2.75) is 38.3 Å². The van der Waals surface area contributed by atoms with Gasteiger partial charge in [-0.1, -0.05) is 43.3 Å². The van der Waals surface area contributed by atoms with E-state index in [0.717, 1.165) is 17.7 Å². The zero-order chi connectivity index (χ0) is 19.9. The molecule has 2 rings (SSSR count). The summed E-state index contributed by atoms with van der Waals surface area (Å²) in [4.78, 5) is 12.6. The summed E-state index contributed by atoms with van der Waals surface area (Å²) in [5.74, 6) is -0.280. The fraction of sp³-hybridized carbons (Fsp3) is 0.350. The molecule has 2 aromatic rings. The minimum absolute atomic E-state index is 0. The van der Waals surface area contributed by atoms with E-state index < -0.39 is 10.0 Å². The third-order valence-electron chi connectivity index (χ3n) is 4.19. The second kappa shape index (κ2) is 11.2. The molecule has 28 heavy (non-hydrogen) atoms. The van der Waals surface area contributed by atoms with Crippen LogP contribution in [0.3, 0.4) is 0 Å². The number of hydrogen-bond acceptors (Lipinski definition) is 4. The second-order valence-electron chi connectivity index (χ2n) is 6.46. The number of aryl methyl sites for hydroxylation is 1. The molecule has 0 aromatic heterocycles. The van der Waals surface area contributed by atoms with Crippen LogP contribution in [0.4, 0.5) is 0 Å². The number of carbonyl (C=O) groups is 1. The molecule has 3 N–H and O–H groups in total. The Bertz CT molecular complexity index is 874. The molecule has 0 unspecified atom stereocenters. The van der Waals surface area contributed by atoms with Gasteiger partial charge < -0.3 is 10.6 Å². The Hall–Kier alpha value is -1.93. The molecule has 1 amide bonds. The molecule has 0 saturated carbocycles. The highest BCUT2D eigenvalue weighted by molar-refractivity contribution is 7.89. The minimum atomic E-state index is -3.71. The normalized spacial score (nSPS) is 12.1. The molecule has 0 heterocycles. The summed E-state index contributed by atoms with van der Waals surface area (Å²) in [6.45, 7) is 7.24. The Morgan fingerprint density at radius 2 is 1.79 bits per heavy atom. The first-order valence-corrected chi connectivity index (χ1v) is 10.5. The van der Waals surface area contributed by atoms with Crippen LogP contribution in [0.1, 0.15) is 35.3 Å². The first-order chi connectivity index (χ1) is 12.8. The van der Waals surface area contributed by atoms with Crippen molar-refractivity contribution < 1.29 is 13.2 Å². The minimum Gasteiger partial charge on any atom is -0.350 e. The number of hydrogen-bond donors (Lipinski definition) is 3. The number of benzene rings is 2. The summed E-state index contributed by atoms with van der Waals surface area (Å²) >= 11 is 0. The monoisotopic (exact) mass is 425 g/mol. The molecule has 154 valence electrons. The lowest BCUT2D eigenvalue weighted by molar-refractivity contribution is 0.0949. The number of halogens is 1. The lowest BCUT2D eigenvalue weighted by Crippen LogP contribution is -2.39. The van der Waals surface area contributed by atoms with Crippen molar-refractivity contribution >= 4 is 28.3 Å². The fourth-order valence-corrected chi connectivity index (χ4v) is 3.68. The molecule has 8 heteroatoms. The van der Waals surface area contributed by atoms with Gasteiger partial charge >= 0.3 is 0 Å². The summed E-state index contributed by atoms with van der Waals surface area (Å²) in [5.41, 5.74) is 1.95. The molecule has 1 atom stereocenters. The van der Waals surface area contributed by atoms with Gasteiger partial charge in [-0.2, -0.15) is 0 Å². The molecule has 0 aliphatic rings. The SMILES string of the molecule is CCN[C@H](C)CNC(=O)c1cc(S(=O)(=O)NCc2ccccc2)ccc1C.Cl. The van der Waals surface area contributed by atoms with E-state index in [4.69, 9.17) is 0 Å². The standard InChI is InChI=1S/C20H27N3O3S.ClH/c1-4-21-16(3)13-22-20(24)19-12-18(11-10-15(19)2)27(25,26)23-14-17-8-6-5-7-9-17;/h5-12,16,21,23H,4,13-14H2,1-3H3,(H,22,24);1H/t16-;/m1./s1. The van der Waals surface area contributed by atoms with Gasteiger partial charge in [-0.05, 0) is 43.7 Å². The molecule has 0 bridgehead atoms. The van der Waals surface area contributed by atoms with Gasteiger partial charge in [-0.15, -0.1) is 12.4 Å². The van der Waals surface area contributed by atoms with Crippen molar-refractivity contribution in [1.82, 2.24) is 15.4 Å². The zero-order valence-corrected chi connectivity index (χ0v) is 18.0. The molecule has 0 aliphatic carbocycles. The van der Waals surface area contributed by atoms with Gasteiger partial charge in [0.2, 0.25) is 10.0 Å². The number of amides is 1. The number of nitrogens with one attached hydrogen (secondary N) is 3. The van der Waals surface area contributed by atoms with Crippen LogP contribution in [-0.2, 0) is 16.6 Å². The summed E-state index contributed by atoms with van der Waals surface area (Å²) < 4.78 is 27.8. The molecule has 0 radical (unpaired) electrons. The summed E-state index contributed by atoms with van der Waals surface area (Å²) in [5, 5.41) is 6.06. The molecule has 0 fully saturated rings. The van der Waals surface area contributed by atoms with Gasteiger partial charge in [0.15, 0.2) is 0 Å². The first-order valence-electron chi connectivity index (χ1n) is 8.99. The smallest absolute Gasteiger partial charge is 0.251 e. The Morgan fingerprint density at radius 1 is 1.11 bits per heavy atom. The lowest BCUT2D eigenvalue weighted by Gasteiger charge is -2.15. The van der Waals surface area contributed by atoms with Crippen molar-refractivity contribution in [3.05, 3.63) is 65.2 Å². The third-order valence-corrected chi connectivity index (χ3v) is 5.59. The molecular weight excluding hydrogens is 398 g/mol. The number of rotatable bonds is 9. The molecular formula is C20H28ClN3O3S. The second-order valence-corrected chi connectivity index (χ2v) is 8.22. The van der Waals surface area contributed by atoms with Gasteiger partial charge in [-0.3, -0.25) is 4.79 Å². The van der Waals surface area contributed by atoms with Gasteiger partial charge in [0.05, 0.1) is 4.90 Å². The van der Waals surface area contributed by atoms with Crippen LogP contribution in [0.2, 0.25) is 0 Å². The van der Waals surface area contributed by atoms with Crippen molar-refractivity contribution in [3.63, 3.8) is 0 Å². The van der Waals surface area contributed by atoms with E-state index in [-0.39, 0.29) is 35.8 Å². The number of carbonyl (C=O) groups excluding carboxylic acids is 1. The van der Waals surface area contributed by atoms with E-state index in [9.17, 15) is 13.2 Å². The average molecular weight is 426 g/mol. The molecule has 2 aromatic carbocycles. The Morgan fingerprint density at radius 3 is 2.43 bits per heavy atom. The number of likely N-dealkylation sites (N-methyl/N-ethyl adjacent to an activating group) is 1. The van der Waals surface area contributed by atoms with Gasteiger partial charge in [0.25, 0.3) is 5.91 Å². The van der Waals surface area contributed by atoms with Crippen LogP contribution in [0.25, 0.3) is 0 Å². The highest BCUT2D eigenvalue weighted by Gasteiger charge is 2.18. The summed E-state index contributed by atoms with van der Waals surface area (Å²) in [6.07, 6.45) is 0. The van der Waals surface area contributed by atoms with Crippen LogP contribution >= 0.6 is 12.4 Å². The van der Waals surface area contributed by atoms with E-state index in [1.165, 1.54) is 12.1 Å². The third kappa shape index (κ3) is 6.91. The van der Waals surface area contributed by atoms with Crippen LogP contribution in [0.15, 0.2) is 53.4 Å². The van der Waals surface area contributed by atoms with Crippen LogP contribution in [-0.4, -0.2) is 33.5 Å². The molecule has 0 aliphatic heterocycles. The summed E-state index contributed by atoms with van der Waals surface area (Å²) in [6, 6.07) is 14.0. The summed E-state index contributed by atoms with van der Waals surface area (Å²) in [7, 11) is -3.71. The van der Waals surface area contributed by atoms with Crippen molar-refractivity contribution in [2.75, 3.05) is 13.1 Å². The van der Waals surface area contributed by atoms with E-state index in [1.54, 1.807) is 13.0 Å². The molecule has 0 saturated heterocycles. The highest BCUT2D eigenvalue weighted by Crippen LogP contribution is 2.16. The molecule has 0 spiro atoms. The first kappa shape index (κ1) is 24.1. The maximum absolute atomic E-state index is 12.6. The van der Waals surface area contributed by atoms with Gasteiger partial charge in [0.1, 0.15) is 0 Å². The Balaban J connectivity index is 0.00000392. The maximum Gasteiger partial charge on any atom is 0.251 e. The lowest BCUT2D eigenvalue weighted by atomic mass is 10.1. The highest BCUT2D eigenvalue weighted by atomic mass is 35.5. The largest absolute Gasteiger partial charge is 0.350 e. The Kier molecular flexibility index (Phi) is 9.61. The topological polar surface area (TPSA) is 87.3 Å². The van der Waals surface area contributed by atoms with Crippen LogP contribution < -0.4 is 15.4 Å². The van der Waals surface area contributed by atoms with Crippen LogP contribution in [0, 0.1) is 6.92 Å². The molecule has 6 nitrogen and oxygen atoms in total. The van der Waals surface area contributed by atoms with E-state index in [2.05, 4.69) is 15.4 Å². The van der Waals surface area contributed by atoms with Crippen molar-refractivity contribution in [3.8, 4) is 0 Å². The van der Waals surface area contributed by atoms with E-state index >= 15 is 0 Å². The van der Waals surface area contributed by atoms with E-state index in [0.29, 0.717) is 12.1 Å². The van der Waals surface area contributed by atoms with Gasteiger partial charge in [-0.25, -0.2) is 13.1 Å². The predicted molar refractivity (Wildman–Crippen MR) is 114 cm³/mol. The number of sulfonamides is 1. The Labute approximate surface area is 173 Å². The fourth-order valence-electron chi connectivity index (χ4n) is 2.63. The quantitative estimate of drug-likeness (QED) is 0.576. The average Bonchev–Trinajstić information content (AvgIpc) is 2.66. The predicted octanol–water partition coefficient (Wildman–Crippen LogP) is 2.62.